The summed E-state index contributed by atoms with van der Waals surface area (Å²) in [4.78, 5) is 29.1. The fourth-order valence-corrected chi connectivity index (χ4v) is 3.69. The summed E-state index contributed by atoms with van der Waals surface area (Å²) < 4.78 is 16.4. The maximum atomic E-state index is 12.9. The monoisotopic (exact) mass is 410 g/mol. The molecule has 2 aliphatic heterocycles. The molecule has 2 heterocycles. The predicted molar refractivity (Wildman–Crippen MR) is 111 cm³/mol. The van der Waals surface area contributed by atoms with Crippen molar-refractivity contribution in [1.82, 2.24) is 9.80 Å². The number of nitrogens with zero attached hydrogens (tertiary/aromatic N) is 2. The standard InChI is InChI=1S/C23H26N2O5/c1-16-5-3-6-19(17(16)2)28-14-22(26)24-9-4-10-25(12-11-24)23(27)18-7-8-20-21(13-18)30-15-29-20/h3,5-8,13H,4,9-12,14-15H2,1-2H3. The molecule has 0 aromatic heterocycles. The Morgan fingerprint density at radius 2 is 1.73 bits per heavy atom. The van der Waals surface area contributed by atoms with Crippen LogP contribution in [0.2, 0.25) is 0 Å². The van der Waals surface area contributed by atoms with Gasteiger partial charge in [-0.1, -0.05) is 12.1 Å². The Labute approximate surface area is 176 Å². The third kappa shape index (κ3) is 4.20. The van der Waals surface area contributed by atoms with Crippen molar-refractivity contribution < 1.29 is 23.8 Å². The van der Waals surface area contributed by atoms with Gasteiger partial charge in [0.05, 0.1) is 0 Å². The van der Waals surface area contributed by atoms with Gasteiger partial charge in [-0.2, -0.15) is 0 Å². The molecule has 2 aliphatic rings. The molecule has 30 heavy (non-hydrogen) atoms. The van der Waals surface area contributed by atoms with E-state index in [9.17, 15) is 9.59 Å². The minimum Gasteiger partial charge on any atom is -0.483 e. The molecule has 2 aromatic rings. The summed E-state index contributed by atoms with van der Waals surface area (Å²) in [5.74, 6) is 1.86. The summed E-state index contributed by atoms with van der Waals surface area (Å²) in [6, 6.07) is 11.0. The van der Waals surface area contributed by atoms with Gasteiger partial charge in [0.15, 0.2) is 18.1 Å². The second-order valence-electron chi connectivity index (χ2n) is 7.58. The lowest BCUT2D eigenvalue weighted by molar-refractivity contribution is -0.133. The lowest BCUT2D eigenvalue weighted by atomic mass is 10.1. The van der Waals surface area contributed by atoms with Crippen LogP contribution in [0.15, 0.2) is 36.4 Å². The molecule has 0 bridgehead atoms. The minimum atomic E-state index is -0.0618. The van der Waals surface area contributed by atoms with Gasteiger partial charge in [0.25, 0.3) is 11.8 Å². The largest absolute Gasteiger partial charge is 0.483 e. The highest BCUT2D eigenvalue weighted by molar-refractivity contribution is 5.95. The fraction of sp³-hybridized carbons (Fsp3) is 0.391. The summed E-state index contributed by atoms with van der Waals surface area (Å²) in [6.45, 7) is 6.38. The molecule has 0 atom stereocenters. The molecule has 4 rings (SSSR count). The van der Waals surface area contributed by atoms with E-state index in [0.717, 1.165) is 23.3 Å². The van der Waals surface area contributed by atoms with Crippen LogP contribution in [0.3, 0.4) is 0 Å². The van der Waals surface area contributed by atoms with Crippen molar-refractivity contribution in [1.29, 1.82) is 0 Å². The molecule has 0 radical (unpaired) electrons. The number of carbonyl (C=O) groups excluding carboxylic acids is 2. The number of hydrogen-bond donors (Lipinski definition) is 0. The summed E-state index contributed by atoms with van der Waals surface area (Å²) in [6.07, 6.45) is 0.728. The van der Waals surface area contributed by atoms with Gasteiger partial charge in [-0.25, -0.2) is 0 Å². The Bertz CT molecular complexity index is 959. The highest BCUT2D eigenvalue weighted by atomic mass is 16.7. The van der Waals surface area contributed by atoms with E-state index in [0.29, 0.717) is 43.2 Å². The number of ether oxygens (including phenoxy) is 3. The molecule has 0 N–H and O–H groups in total. The molecule has 0 saturated carbocycles. The molecule has 7 nitrogen and oxygen atoms in total. The third-order valence-electron chi connectivity index (χ3n) is 5.66. The Morgan fingerprint density at radius 3 is 2.60 bits per heavy atom. The van der Waals surface area contributed by atoms with E-state index in [1.807, 2.05) is 32.0 Å². The van der Waals surface area contributed by atoms with Crippen LogP contribution in [-0.4, -0.2) is 61.2 Å². The highest BCUT2D eigenvalue weighted by Crippen LogP contribution is 2.32. The molecule has 0 aliphatic carbocycles. The van der Waals surface area contributed by atoms with Crippen LogP contribution >= 0.6 is 0 Å². The van der Waals surface area contributed by atoms with Crippen molar-refractivity contribution in [3.63, 3.8) is 0 Å². The molecule has 1 saturated heterocycles. The lowest BCUT2D eigenvalue weighted by Crippen LogP contribution is -2.39. The van der Waals surface area contributed by atoms with Crippen LogP contribution in [0.1, 0.15) is 27.9 Å². The lowest BCUT2D eigenvalue weighted by Gasteiger charge is -2.22. The van der Waals surface area contributed by atoms with E-state index in [2.05, 4.69) is 0 Å². The van der Waals surface area contributed by atoms with Crippen LogP contribution in [0.4, 0.5) is 0 Å². The van der Waals surface area contributed by atoms with Crippen LogP contribution in [0.25, 0.3) is 0 Å². The average molecular weight is 410 g/mol. The maximum Gasteiger partial charge on any atom is 0.260 e. The first kappa shape index (κ1) is 20.1. The Kier molecular flexibility index (Phi) is 5.79. The molecular weight excluding hydrogens is 384 g/mol. The van der Waals surface area contributed by atoms with E-state index >= 15 is 0 Å². The van der Waals surface area contributed by atoms with Gasteiger partial charge in [-0.15, -0.1) is 0 Å². The van der Waals surface area contributed by atoms with E-state index in [-0.39, 0.29) is 25.2 Å². The van der Waals surface area contributed by atoms with Gasteiger partial charge in [0.1, 0.15) is 5.75 Å². The van der Waals surface area contributed by atoms with Gasteiger partial charge < -0.3 is 24.0 Å². The number of benzene rings is 2. The fourth-order valence-electron chi connectivity index (χ4n) is 3.69. The van der Waals surface area contributed by atoms with E-state index in [1.54, 1.807) is 28.0 Å². The molecule has 7 heteroatoms. The number of amides is 2. The first-order valence-electron chi connectivity index (χ1n) is 10.2. The van der Waals surface area contributed by atoms with Crippen molar-refractivity contribution >= 4 is 11.8 Å². The second-order valence-corrected chi connectivity index (χ2v) is 7.58. The predicted octanol–water partition coefficient (Wildman–Crippen LogP) is 2.79. The number of rotatable bonds is 4. The zero-order valence-electron chi connectivity index (χ0n) is 17.3. The normalized spacial score (nSPS) is 15.7. The zero-order valence-corrected chi connectivity index (χ0v) is 17.3. The first-order valence-corrected chi connectivity index (χ1v) is 10.2. The van der Waals surface area contributed by atoms with Gasteiger partial charge in [0, 0.05) is 31.7 Å². The summed E-state index contributed by atoms with van der Waals surface area (Å²) in [7, 11) is 0. The average Bonchev–Trinajstić information content (AvgIpc) is 3.08. The second kappa shape index (κ2) is 8.65. The van der Waals surface area contributed by atoms with Gasteiger partial charge >= 0.3 is 0 Å². The van der Waals surface area contributed by atoms with Crippen LogP contribution in [0, 0.1) is 13.8 Å². The number of carbonyl (C=O) groups is 2. The van der Waals surface area contributed by atoms with Gasteiger partial charge in [-0.05, 0) is 55.7 Å². The number of aryl methyl sites for hydroxylation is 1. The topological polar surface area (TPSA) is 68.3 Å². The smallest absolute Gasteiger partial charge is 0.260 e. The molecular formula is C23H26N2O5. The van der Waals surface area contributed by atoms with E-state index < -0.39 is 0 Å². The maximum absolute atomic E-state index is 12.9. The van der Waals surface area contributed by atoms with Crippen LogP contribution in [0.5, 0.6) is 17.2 Å². The van der Waals surface area contributed by atoms with Crippen molar-refractivity contribution in [3.05, 3.63) is 53.1 Å². The molecule has 158 valence electrons. The van der Waals surface area contributed by atoms with Gasteiger partial charge in [-0.3, -0.25) is 9.59 Å². The first-order chi connectivity index (χ1) is 14.5. The van der Waals surface area contributed by atoms with Crippen molar-refractivity contribution in [3.8, 4) is 17.2 Å². The zero-order chi connectivity index (χ0) is 21.1. The van der Waals surface area contributed by atoms with Crippen LogP contribution < -0.4 is 14.2 Å². The van der Waals surface area contributed by atoms with Crippen LogP contribution in [-0.2, 0) is 4.79 Å². The molecule has 2 amide bonds. The van der Waals surface area contributed by atoms with E-state index in [1.165, 1.54) is 0 Å². The Balaban J connectivity index is 1.33. The minimum absolute atomic E-state index is 0.000398. The molecule has 0 spiro atoms. The summed E-state index contributed by atoms with van der Waals surface area (Å²) in [5.41, 5.74) is 2.74. The molecule has 1 fully saturated rings. The highest BCUT2D eigenvalue weighted by Gasteiger charge is 2.24. The quantitative estimate of drug-likeness (QED) is 0.775. The SMILES string of the molecule is Cc1cccc(OCC(=O)N2CCCN(C(=O)c3ccc4c(c3)OCO4)CC2)c1C. The van der Waals surface area contributed by atoms with Gasteiger partial charge in [0.2, 0.25) is 6.79 Å². The molecule has 2 aromatic carbocycles. The summed E-state index contributed by atoms with van der Waals surface area (Å²) in [5, 5.41) is 0. The van der Waals surface area contributed by atoms with Crippen molar-refractivity contribution in [2.45, 2.75) is 20.3 Å². The van der Waals surface area contributed by atoms with Crippen molar-refractivity contribution in [2.24, 2.45) is 0 Å². The van der Waals surface area contributed by atoms with Crippen molar-refractivity contribution in [2.75, 3.05) is 39.6 Å². The molecule has 0 unspecified atom stereocenters. The Hall–Kier alpha value is -3.22. The summed E-state index contributed by atoms with van der Waals surface area (Å²) >= 11 is 0. The number of hydrogen-bond acceptors (Lipinski definition) is 5. The van der Waals surface area contributed by atoms with E-state index in [4.69, 9.17) is 14.2 Å². The number of fused-ring (bicyclic) bond motifs is 1. The third-order valence-corrected chi connectivity index (χ3v) is 5.66. The Morgan fingerprint density at radius 1 is 0.967 bits per heavy atom.